The van der Waals surface area contributed by atoms with E-state index in [1.165, 1.54) is 13.2 Å². The number of carbonyl (C=O) groups excluding carboxylic acids is 1. The summed E-state index contributed by atoms with van der Waals surface area (Å²) in [6.45, 7) is 0. The lowest BCUT2D eigenvalue weighted by molar-refractivity contribution is -0.137. The maximum Gasteiger partial charge on any atom is 0.418 e. The number of ether oxygens (including phenoxy) is 1. The summed E-state index contributed by atoms with van der Waals surface area (Å²) in [7, 11) is 1.32. The summed E-state index contributed by atoms with van der Waals surface area (Å²) in [6, 6.07) is 3.09. The zero-order valence-electron chi connectivity index (χ0n) is 8.77. The lowest BCUT2D eigenvalue weighted by Gasteiger charge is -2.14. The maximum atomic E-state index is 12.6. The van der Waals surface area contributed by atoms with E-state index >= 15 is 0 Å². The quantitative estimate of drug-likeness (QED) is 0.855. The number of hydrogen-bond acceptors (Lipinski definition) is 2. The van der Waals surface area contributed by atoms with Gasteiger partial charge in [0.1, 0.15) is 11.6 Å². The Kier molecular flexibility index (Phi) is 4.22. The summed E-state index contributed by atoms with van der Waals surface area (Å²) in [4.78, 5) is 11.0. The fraction of sp³-hybridized carbons (Fsp3) is 0.300. The van der Waals surface area contributed by atoms with Crippen LogP contribution in [-0.2, 0) is 11.0 Å². The highest BCUT2D eigenvalue weighted by Crippen LogP contribution is 2.36. The first-order valence-corrected chi connectivity index (χ1v) is 5.03. The predicted octanol–water partition coefficient (Wildman–Crippen LogP) is 2.89. The zero-order chi connectivity index (χ0) is 13.1. The van der Waals surface area contributed by atoms with E-state index in [-0.39, 0.29) is 11.4 Å². The number of hydrogen-bond donors (Lipinski definition) is 1. The van der Waals surface area contributed by atoms with Crippen molar-refractivity contribution in [3.63, 3.8) is 0 Å². The van der Waals surface area contributed by atoms with Crippen LogP contribution in [0.15, 0.2) is 18.2 Å². The van der Waals surface area contributed by atoms with E-state index in [2.05, 4.69) is 5.32 Å². The first-order chi connectivity index (χ1) is 7.88. The van der Waals surface area contributed by atoms with E-state index in [0.717, 1.165) is 12.1 Å². The molecule has 0 atom stereocenters. The number of rotatable bonds is 3. The standard InChI is InChI=1S/C10H9ClF3NO2/c1-17-6-2-3-7(10(12,13)14)8(4-6)15-9(16)5-11/h2-4H,5H2,1H3,(H,15,16). The van der Waals surface area contributed by atoms with E-state index in [0.29, 0.717) is 0 Å². The normalized spacial score (nSPS) is 11.1. The molecule has 0 spiro atoms. The minimum atomic E-state index is -4.55. The Balaban J connectivity index is 3.16. The second-order valence-corrected chi connectivity index (χ2v) is 3.36. The molecular weight excluding hydrogens is 259 g/mol. The molecule has 0 saturated carbocycles. The van der Waals surface area contributed by atoms with E-state index in [1.54, 1.807) is 0 Å². The third-order valence-electron chi connectivity index (χ3n) is 1.93. The summed E-state index contributed by atoms with van der Waals surface area (Å²) in [5.41, 5.74) is -1.32. The molecule has 0 aliphatic carbocycles. The number of alkyl halides is 4. The van der Waals surface area contributed by atoms with Crippen LogP contribution in [0.3, 0.4) is 0 Å². The summed E-state index contributed by atoms with van der Waals surface area (Å²) >= 11 is 5.22. The van der Waals surface area contributed by atoms with Crippen molar-refractivity contribution in [1.82, 2.24) is 0 Å². The van der Waals surface area contributed by atoms with Gasteiger partial charge in [-0.1, -0.05) is 0 Å². The fourth-order valence-corrected chi connectivity index (χ4v) is 1.25. The fourth-order valence-electron chi connectivity index (χ4n) is 1.18. The molecule has 0 heterocycles. The summed E-state index contributed by atoms with van der Waals surface area (Å²) < 4.78 is 42.6. The molecule has 0 fully saturated rings. The van der Waals surface area contributed by atoms with Crippen LogP contribution in [0.4, 0.5) is 18.9 Å². The Morgan fingerprint density at radius 2 is 2.12 bits per heavy atom. The average molecular weight is 268 g/mol. The lowest BCUT2D eigenvalue weighted by Crippen LogP contribution is -2.17. The molecule has 1 N–H and O–H groups in total. The molecular formula is C10H9ClF3NO2. The van der Waals surface area contributed by atoms with Crippen LogP contribution < -0.4 is 10.1 Å². The molecule has 0 bridgehead atoms. The van der Waals surface area contributed by atoms with Gasteiger partial charge in [-0.25, -0.2) is 0 Å². The molecule has 3 nitrogen and oxygen atoms in total. The van der Waals surface area contributed by atoms with Gasteiger partial charge in [0, 0.05) is 6.07 Å². The largest absolute Gasteiger partial charge is 0.497 e. The van der Waals surface area contributed by atoms with Gasteiger partial charge in [0.2, 0.25) is 5.91 Å². The average Bonchev–Trinajstić information content (AvgIpc) is 2.27. The molecule has 17 heavy (non-hydrogen) atoms. The molecule has 1 aromatic rings. The summed E-state index contributed by atoms with van der Waals surface area (Å²) in [5, 5.41) is 2.07. The van der Waals surface area contributed by atoms with Crippen molar-refractivity contribution in [2.75, 3.05) is 18.3 Å². The number of carbonyl (C=O) groups is 1. The van der Waals surface area contributed by atoms with Gasteiger partial charge in [-0.05, 0) is 12.1 Å². The molecule has 7 heteroatoms. The van der Waals surface area contributed by atoms with Crippen molar-refractivity contribution >= 4 is 23.2 Å². The lowest BCUT2D eigenvalue weighted by atomic mass is 10.1. The molecule has 0 aliphatic rings. The maximum absolute atomic E-state index is 12.6. The van der Waals surface area contributed by atoms with Crippen molar-refractivity contribution < 1.29 is 22.7 Å². The second kappa shape index (κ2) is 5.27. The van der Waals surface area contributed by atoms with E-state index in [1.807, 2.05) is 0 Å². The molecule has 0 radical (unpaired) electrons. The van der Waals surface area contributed by atoms with Gasteiger partial charge in [-0.2, -0.15) is 13.2 Å². The number of methoxy groups -OCH3 is 1. The molecule has 0 aliphatic heterocycles. The molecule has 0 saturated heterocycles. The Morgan fingerprint density at radius 3 is 2.59 bits per heavy atom. The van der Waals surface area contributed by atoms with Gasteiger partial charge >= 0.3 is 6.18 Å². The number of amides is 1. The van der Waals surface area contributed by atoms with Crippen molar-refractivity contribution in [3.05, 3.63) is 23.8 Å². The van der Waals surface area contributed by atoms with E-state index < -0.39 is 23.5 Å². The van der Waals surface area contributed by atoms with Crippen LogP contribution in [0.25, 0.3) is 0 Å². The van der Waals surface area contributed by atoms with Gasteiger partial charge in [-0.15, -0.1) is 11.6 Å². The molecule has 94 valence electrons. The summed E-state index contributed by atoms with van der Waals surface area (Å²) in [6.07, 6.45) is -4.55. The van der Waals surface area contributed by atoms with Gasteiger partial charge in [0.15, 0.2) is 0 Å². The SMILES string of the molecule is COc1ccc(C(F)(F)F)c(NC(=O)CCl)c1. The topological polar surface area (TPSA) is 38.3 Å². The number of benzene rings is 1. The van der Waals surface area contributed by atoms with Crippen LogP contribution in [0.1, 0.15) is 5.56 Å². The molecule has 0 unspecified atom stereocenters. The minimum absolute atomic E-state index is 0.211. The van der Waals surface area contributed by atoms with Crippen molar-refractivity contribution in [2.45, 2.75) is 6.18 Å². The van der Waals surface area contributed by atoms with Crippen LogP contribution >= 0.6 is 11.6 Å². The first-order valence-electron chi connectivity index (χ1n) is 4.49. The summed E-state index contributed by atoms with van der Waals surface area (Å²) in [5.74, 6) is -0.928. The van der Waals surface area contributed by atoms with E-state index in [4.69, 9.17) is 16.3 Å². The number of halogens is 4. The van der Waals surface area contributed by atoms with Crippen LogP contribution in [0, 0.1) is 0 Å². The Morgan fingerprint density at radius 1 is 1.47 bits per heavy atom. The van der Waals surface area contributed by atoms with Crippen molar-refractivity contribution in [1.29, 1.82) is 0 Å². The first kappa shape index (κ1) is 13.6. The minimum Gasteiger partial charge on any atom is -0.497 e. The Labute approximate surface area is 101 Å². The second-order valence-electron chi connectivity index (χ2n) is 3.09. The molecule has 1 rings (SSSR count). The van der Waals surface area contributed by atoms with Crippen molar-refractivity contribution in [2.24, 2.45) is 0 Å². The predicted molar refractivity (Wildman–Crippen MR) is 57.3 cm³/mol. The number of anilines is 1. The molecule has 1 amide bonds. The third kappa shape index (κ3) is 3.52. The van der Waals surface area contributed by atoms with Crippen LogP contribution in [0.2, 0.25) is 0 Å². The monoisotopic (exact) mass is 267 g/mol. The van der Waals surface area contributed by atoms with Gasteiger partial charge < -0.3 is 10.1 Å². The smallest absolute Gasteiger partial charge is 0.418 e. The number of nitrogens with one attached hydrogen (secondary N) is 1. The van der Waals surface area contributed by atoms with Crippen molar-refractivity contribution in [3.8, 4) is 5.75 Å². The van der Waals surface area contributed by atoms with Gasteiger partial charge in [0.05, 0.1) is 18.4 Å². The van der Waals surface area contributed by atoms with Crippen LogP contribution in [0.5, 0.6) is 5.75 Å². The molecule has 0 aromatic heterocycles. The van der Waals surface area contributed by atoms with Gasteiger partial charge in [-0.3, -0.25) is 4.79 Å². The van der Waals surface area contributed by atoms with Gasteiger partial charge in [0.25, 0.3) is 0 Å². The van der Waals surface area contributed by atoms with Crippen LogP contribution in [-0.4, -0.2) is 18.9 Å². The zero-order valence-corrected chi connectivity index (χ0v) is 9.52. The molecule has 1 aromatic carbocycles. The third-order valence-corrected chi connectivity index (χ3v) is 2.17. The highest BCUT2D eigenvalue weighted by atomic mass is 35.5. The van der Waals surface area contributed by atoms with E-state index in [9.17, 15) is 18.0 Å². The highest BCUT2D eigenvalue weighted by Gasteiger charge is 2.34. The Hall–Kier alpha value is -1.43. The highest BCUT2D eigenvalue weighted by molar-refractivity contribution is 6.29. The Bertz CT molecular complexity index is 421.